The quantitative estimate of drug-likeness (QED) is 0.793. The average molecular weight is 233 g/mol. The molecule has 3 nitrogen and oxygen atoms in total. The van der Waals surface area contributed by atoms with E-state index in [-0.39, 0.29) is 12.0 Å². The second-order valence-corrected chi connectivity index (χ2v) is 4.16. The lowest BCUT2D eigenvalue weighted by Crippen LogP contribution is -2.09. The zero-order valence-electron chi connectivity index (χ0n) is 10.6. The number of ether oxygens (including phenoxy) is 1. The zero-order chi connectivity index (χ0) is 12.8. The molecule has 0 heterocycles. The number of hydrogen-bond acceptors (Lipinski definition) is 2. The molecule has 92 valence electrons. The van der Waals surface area contributed by atoms with Crippen molar-refractivity contribution in [2.45, 2.75) is 33.3 Å². The summed E-state index contributed by atoms with van der Waals surface area (Å²) < 4.78 is 5.70. The van der Waals surface area contributed by atoms with Crippen molar-refractivity contribution < 1.29 is 9.53 Å². The normalized spacial score (nSPS) is 10.1. The summed E-state index contributed by atoms with van der Waals surface area (Å²) in [6, 6.07) is 5.64. The van der Waals surface area contributed by atoms with E-state index in [2.05, 4.69) is 11.9 Å². The van der Waals surface area contributed by atoms with Gasteiger partial charge in [-0.1, -0.05) is 6.08 Å². The van der Waals surface area contributed by atoms with Crippen molar-refractivity contribution in [1.29, 1.82) is 0 Å². The molecule has 0 aliphatic heterocycles. The highest BCUT2D eigenvalue weighted by Crippen LogP contribution is 2.24. The van der Waals surface area contributed by atoms with Crippen LogP contribution in [0.15, 0.2) is 30.9 Å². The van der Waals surface area contributed by atoms with Gasteiger partial charge in [0, 0.05) is 12.6 Å². The summed E-state index contributed by atoms with van der Waals surface area (Å²) in [5.41, 5.74) is 1.81. The molecule has 0 atom stereocenters. The third kappa shape index (κ3) is 4.31. The Labute approximate surface area is 102 Å². The lowest BCUT2D eigenvalue weighted by Gasteiger charge is -2.15. The molecule has 0 unspecified atom stereocenters. The van der Waals surface area contributed by atoms with E-state index in [1.807, 2.05) is 38.1 Å². The predicted octanol–water partition coefficient (Wildman–Crippen LogP) is 3.16. The van der Waals surface area contributed by atoms with Crippen LogP contribution in [0, 0.1) is 0 Å². The van der Waals surface area contributed by atoms with E-state index in [1.165, 1.54) is 6.92 Å². The third-order valence-electron chi connectivity index (χ3n) is 2.11. The van der Waals surface area contributed by atoms with Crippen LogP contribution in [0.1, 0.15) is 26.3 Å². The first-order chi connectivity index (χ1) is 8.02. The number of hydrogen-bond donors (Lipinski definition) is 1. The van der Waals surface area contributed by atoms with E-state index >= 15 is 0 Å². The van der Waals surface area contributed by atoms with Crippen molar-refractivity contribution in [1.82, 2.24) is 0 Å². The van der Waals surface area contributed by atoms with Crippen molar-refractivity contribution in [3.05, 3.63) is 36.4 Å². The largest absolute Gasteiger partial charge is 0.491 e. The molecular weight excluding hydrogens is 214 g/mol. The Morgan fingerprint density at radius 1 is 1.53 bits per heavy atom. The van der Waals surface area contributed by atoms with Crippen LogP contribution in [0.5, 0.6) is 5.75 Å². The number of nitrogens with one attached hydrogen (secondary N) is 1. The van der Waals surface area contributed by atoms with Crippen molar-refractivity contribution in [3.63, 3.8) is 0 Å². The lowest BCUT2D eigenvalue weighted by atomic mass is 10.1. The van der Waals surface area contributed by atoms with Crippen molar-refractivity contribution in [3.8, 4) is 5.75 Å². The molecule has 17 heavy (non-hydrogen) atoms. The second kappa shape index (κ2) is 6.09. The van der Waals surface area contributed by atoms with Gasteiger partial charge in [-0.3, -0.25) is 4.79 Å². The summed E-state index contributed by atoms with van der Waals surface area (Å²) in [6.45, 7) is 9.19. The van der Waals surface area contributed by atoms with E-state index < -0.39 is 0 Å². The van der Waals surface area contributed by atoms with Gasteiger partial charge in [0.2, 0.25) is 5.91 Å². The Kier molecular flexibility index (Phi) is 4.76. The Morgan fingerprint density at radius 2 is 2.24 bits per heavy atom. The van der Waals surface area contributed by atoms with E-state index in [1.54, 1.807) is 0 Å². The van der Waals surface area contributed by atoms with E-state index in [9.17, 15) is 4.79 Å². The fourth-order valence-electron chi connectivity index (χ4n) is 1.54. The van der Waals surface area contributed by atoms with Crippen LogP contribution in [0.2, 0.25) is 0 Å². The molecule has 0 fully saturated rings. The van der Waals surface area contributed by atoms with E-state index in [0.29, 0.717) is 0 Å². The topological polar surface area (TPSA) is 38.3 Å². The molecule has 0 saturated carbocycles. The molecule has 1 rings (SSSR count). The van der Waals surface area contributed by atoms with Crippen molar-refractivity contribution in [2.75, 3.05) is 5.32 Å². The van der Waals surface area contributed by atoms with E-state index in [0.717, 1.165) is 23.4 Å². The Bertz CT molecular complexity index is 411. The Hall–Kier alpha value is -1.77. The molecule has 1 amide bonds. The highest BCUT2D eigenvalue weighted by atomic mass is 16.5. The maximum atomic E-state index is 11.0. The molecule has 1 N–H and O–H groups in total. The lowest BCUT2D eigenvalue weighted by molar-refractivity contribution is -0.114. The predicted molar refractivity (Wildman–Crippen MR) is 70.4 cm³/mol. The first-order valence-corrected chi connectivity index (χ1v) is 5.71. The molecule has 0 aliphatic rings. The van der Waals surface area contributed by atoms with Gasteiger partial charge in [-0.05, 0) is 44.0 Å². The summed E-state index contributed by atoms with van der Waals surface area (Å²) >= 11 is 0. The molecule has 0 saturated heterocycles. The van der Waals surface area contributed by atoms with Crippen LogP contribution in [0.4, 0.5) is 5.69 Å². The van der Waals surface area contributed by atoms with Crippen LogP contribution < -0.4 is 10.1 Å². The maximum absolute atomic E-state index is 11.0. The molecule has 0 bridgehead atoms. The first-order valence-electron chi connectivity index (χ1n) is 5.71. The molecule has 0 radical (unpaired) electrons. The van der Waals surface area contributed by atoms with Gasteiger partial charge in [-0.2, -0.15) is 0 Å². The molecule has 1 aromatic rings. The van der Waals surface area contributed by atoms with Crippen LogP contribution in [-0.4, -0.2) is 12.0 Å². The van der Waals surface area contributed by atoms with Crippen LogP contribution in [0.25, 0.3) is 0 Å². The van der Waals surface area contributed by atoms with Gasteiger partial charge in [0.25, 0.3) is 0 Å². The number of amides is 1. The van der Waals surface area contributed by atoms with Gasteiger partial charge in [-0.15, -0.1) is 6.58 Å². The number of anilines is 1. The SMILES string of the molecule is C=CCc1cc(NC(C)=O)ccc1OC(C)C. The summed E-state index contributed by atoms with van der Waals surface area (Å²) in [5.74, 6) is 0.765. The summed E-state index contributed by atoms with van der Waals surface area (Å²) in [7, 11) is 0. The molecule has 3 heteroatoms. The third-order valence-corrected chi connectivity index (χ3v) is 2.11. The van der Waals surface area contributed by atoms with Gasteiger partial charge in [-0.25, -0.2) is 0 Å². The minimum absolute atomic E-state index is 0.0768. The molecule has 0 aliphatic carbocycles. The Balaban J connectivity index is 2.98. The fraction of sp³-hybridized carbons (Fsp3) is 0.357. The van der Waals surface area contributed by atoms with Gasteiger partial charge in [0.15, 0.2) is 0 Å². The summed E-state index contributed by atoms with van der Waals surface area (Å²) in [5, 5.41) is 2.76. The molecular formula is C14H19NO2. The van der Waals surface area contributed by atoms with E-state index in [4.69, 9.17) is 4.74 Å². The first kappa shape index (κ1) is 13.3. The van der Waals surface area contributed by atoms with Gasteiger partial charge in [0.1, 0.15) is 5.75 Å². The summed E-state index contributed by atoms with van der Waals surface area (Å²) in [6.07, 6.45) is 2.67. The van der Waals surface area contributed by atoms with Gasteiger partial charge in [0.05, 0.1) is 6.10 Å². The molecule has 0 aromatic heterocycles. The highest BCUT2D eigenvalue weighted by molar-refractivity contribution is 5.88. The van der Waals surface area contributed by atoms with Crippen LogP contribution in [-0.2, 0) is 11.2 Å². The van der Waals surface area contributed by atoms with Gasteiger partial charge < -0.3 is 10.1 Å². The van der Waals surface area contributed by atoms with Crippen molar-refractivity contribution >= 4 is 11.6 Å². The van der Waals surface area contributed by atoms with Crippen molar-refractivity contribution in [2.24, 2.45) is 0 Å². The highest BCUT2D eigenvalue weighted by Gasteiger charge is 2.06. The minimum atomic E-state index is -0.0768. The monoisotopic (exact) mass is 233 g/mol. The molecule has 0 spiro atoms. The zero-order valence-corrected chi connectivity index (χ0v) is 10.6. The van der Waals surface area contributed by atoms with Crippen LogP contribution in [0.3, 0.4) is 0 Å². The molecule has 1 aromatic carbocycles. The smallest absolute Gasteiger partial charge is 0.221 e. The number of allylic oxidation sites excluding steroid dienone is 1. The second-order valence-electron chi connectivity index (χ2n) is 4.16. The Morgan fingerprint density at radius 3 is 2.76 bits per heavy atom. The average Bonchev–Trinajstić information content (AvgIpc) is 2.21. The summed E-state index contributed by atoms with van der Waals surface area (Å²) in [4.78, 5) is 11.0. The number of carbonyl (C=O) groups excluding carboxylic acids is 1. The number of rotatable bonds is 5. The number of carbonyl (C=O) groups is 1. The fourth-order valence-corrected chi connectivity index (χ4v) is 1.54. The standard InChI is InChI=1S/C14H19NO2/c1-5-6-12-9-13(15-11(4)16)7-8-14(12)17-10(2)3/h5,7-10H,1,6H2,2-4H3,(H,15,16). The number of benzene rings is 1. The van der Waals surface area contributed by atoms with Gasteiger partial charge >= 0.3 is 0 Å². The maximum Gasteiger partial charge on any atom is 0.221 e. The van der Waals surface area contributed by atoms with Crippen LogP contribution >= 0.6 is 0 Å². The minimum Gasteiger partial charge on any atom is -0.491 e.